The van der Waals surface area contributed by atoms with Crippen LogP contribution in [0.4, 0.5) is 0 Å². The summed E-state index contributed by atoms with van der Waals surface area (Å²) in [5.41, 5.74) is 6.98. The fourth-order valence-electron chi connectivity index (χ4n) is 2.23. The minimum absolute atomic E-state index is 0.00661. The van der Waals surface area contributed by atoms with Crippen molar-refractivity contribution in [2.24, 2.45) is 11.7 Å². The SMILES string of the molecule is CC(C)CC(C)Oc1ccc2c(c1)OCC2N. The summed E-state index contributed by atoms with van der Waals surface area (Å²) in [5, 5.41) is 0. The second-order valence-electron chi connectivity index (χ2n) is 5.18. The number of fused-ring (bicyclic) bond motifs is 1. The van der Waals surface area contributed by atoms with Crippen molar-refractivity contribution in [2.75, 3.05) is 6.61 Å². The van der Waals surface area contributed by atoms with Gasteiger partial charge in [-0.3, -0.25) is 0 Å². The van der Waals surface area contributed by atoms with Crippen LogP contribution in [0.5, 0.6) is 11.5 Å². The van der Waals surface area contributed by atoms with Gasteiger partial charge in [-0.15, -0.1) is 0 Å². The van der Waals surface area contributed by atoms with E-state index in [1.165, 1.54) is 0 Å². The molecule has 2 unspecified atom stereocenters. The fraction of sp³-hybridized carbons (Fsp3) is 0.571. The zero-order chi connectivity index (χ0) is 12.4. The highest BCUT2D eigenvalue weighted by Crippen LogP contribution is 2.34. The average Bonchev–Trinajstić information content (AvgIpc) is 2.58. The Hall–Kier alpha value is -1.22. The van der Waals surface area contributed by atoms with Crippen molar-refractivity contribution in [3.05, 3.63) is 23.8 Å². The van der Waals surface area contributed by atoms with Gasteiger partial charge in [0.2, 0.25) is 0 Å². The summed E-state index contributed by atoms with van der Waals surface area (Å²) >= 11 is 0. The zero-order valence-electron chi connectivity index (χ0n) is 10.8. The summed E-state index contributed by atoms with van der Waals surface area (Å²) < 4.78 is 11.4. The van der Waals surface area contributed by atoms with Crippen molar-refractivity contribution in [1.82, 2.24) is 0 Å². The van der Waals surface area contributed by atoms with Gasteiger partial charge in [-0.25, -0.2) is 0 Å². The number of ether oxygens (including phenoxy) is 2. The highest BCUT2D eigenvalue weighted by atomic mass is 16.5. The maximum Gasteiger partial charge on any atom is 0.127 e. The zero-order valence-corrected chi connectivity index (χ0v) is 10.8. The third-order valence-electron chi connectivity index (χ3n) is 2.94. The largest absolute Gasteiger partial charge is 0.491 e. The fourth-order valence-corrected chi connectivity index (χ4v) is 2.23. The minimum Gasteiger partial charge on any atom is -0.491 e. The molecular weight excluding hydrogens is 214 g/mol. The highest BCUT2D eigenvalue weighted by molar-refractivity contribution is 5.44. The van der Waals surface area contributed by atoms with Gasteiger partial charge in [0.1, 0.15) is 18.1 Å². The summed E-state index contributed by atoms with van der Waals surface area (Å²) in [6.45, 7) is 7.07. The molecule has 0 aromatic heterocycles. The predicted octanol–water partition coefficient (Wildman–Crippen LogP) is 2.89. The Kier molecular flexibility index (Phi) is 3.57. The molecule has 1 aromatic rings. The Morgan fingerprint density at radius 2 is 2.18 bits per heavy atom. The monoisotopic (exact) mass is 235 g/mol. The lowest BCUT2D eigenvalue weighted by molar-refractivity contribution is 0.192. The molecule has 0 aliphatic carbocycles. The molecule has 0 saturated heterocycles. The van der Waals surface area contributed by atoms with Crippen molar-refractivity contribution in [3.63, 3.8) is 0 Å². The molecule has 94 valence electrons. The Morgan fingerprint density at radius 3 is 2.88 bits per heavy atom. The summed E-state index contributed by atoms with van der Waals surface area (Å²) in [6.07, 6.45) is 1.28. The number of rotatable bonds is 4. The molecular formula is C14H21NO2. The second-order valence-corrected chi connectivity index (χ2v) is 5.18. The Balaban J connectivity index is 2.03. The molecule has 1 aliphatic rings. The first-order chi connectivity index (χ1) is 8.06. The Bertz CT molecular complexity index is 390. The molecule has 1 aromatic carbocycles. The molecule has 0 spiro atoms. The molecule has 1 aliphatic heterocycles. The molecule has 0 bridgehead atoms. The van der Waals surface area contributed by atoms with E-state index >= 15 is 0 Å². The lowest BCUT2D eigenvalue weighted by Gasteiger charge is -2.17. The van der Waals surface area contributed by atoms with Crippen LogP contribution in [-0.2, 0) is 0 Å². The van der Waals surface area contributed by atoms with E-state index in [4.69, 9.17) is 15.2 Å². The second kappa shape index (κ2) is 4.96. The van der Waals surface area contributed by atoms with Crippen LogP contribution >= 0.6 is 0 Å². The molecule has 2 N–H and O–H groups in total. The van der Waals surface area contributed by atoms with E-state index in [-0.39, 0.29) is 12.1 Å². The summed E-state index contributed by atoms with van der Waals surface area (Å²) in [4.78, 5) is 0. The normalized spacial score (nSPS) is 19.9. The van der Waals surface area contributed by atoms with Crippen LogP contribution in [0.25, 0.3) is 0 Å². The predicted molar refractivity (Wildman–Crippen MR) is 68.4 cm³/mol. The third kappa shape index (κ3) is 2.91. The smallest absolute Gasteiger partial charge is 0.127 e. The number of hydrogen-bond donors (Lipinski definition) is 1. The van der Waals surface area contributed by atoms with E-state index in [2.05, 4.69) is 20.8 Å². The quantitative estimate of drug-likeness (QED) is 0.872. The van der Waals surface area contributed by atoms with Gasteiger partial charge in [0.15, 0.2) is 0 Å². The van der Waals surface area contributed by atoms with E-state index in [1.807, 2.05) is 18.2 Å². The van der Waals surface area contributed by atoms with Crippen LogP contribution in [0.2, 0.25) is 0 Å². The molecule has 2 rings (SSSR count). The third-order valence-corrected chi connectivity index (χ3v) is 2.94. The minimum atomic E-state index is 0.00661. The summed E-state index contributed by atoms with van der Waals surface area (Å²) in [6, 6.07) is 5.93. The van der Waals surface area contributed by atoms with Crippen molar-refractivity contribution >= 4 is 0 Å². The molecule has 0 fully saturated rings. The van der Waals surface area contributed by atoms with Gasteiger partial charge < -0.3 is 15.2 Å². The number of benzene rings is 1. The van der Waals surface area contributed by atoms with Crippen molar-refractivity contribution < 1.29 is 9.47 Å². The van der Waals surface area contributed by atoms with Crippen LogP contribution in [-0.4, -0.2) is 12.7 Å². The highest BCUT2D eigenvalue weighted by Gasteiger charge is 2.21. The van der Waals surface area contributed by atoms with Crippen molar-refractivity contribution in [2.45, 2.75) is 39.3 Å². The maximum absolute atomic E-state index is 5.90. The molecule has 1 heterocycles. The number of nitrogens with two attached hydrogens (primary N) is 1. The van der Waals surface area contributed by atoms with Gasteiger partial charge in [-0.05, 0) is 31.4 Å². The van der Waals surface area contributed by atoms with Crippen LogP contribution < -0.4 is 15.2 Å². The average molecular weight is 235 g/mol. The molecule has 17 heavy (non-hydrogen) atoms. The number of hydrogen-bond acceptors (Lipinski definition) is 3. The van der Waals surface area contributed by atoms with Gasteiger partial charge >= 0.3 is 0 Å². The first-order valence-electron chi connectivity index (χ1n) is 6.25. The van der Waals surface area contributed by atoms with Crippen LogP contribution in [0.15, 0.2) is 18.2 Å². The molecule has 0 saturated carbocycles. The van der Waals surface area contributed by atoms with Gasteiger partial charge in [-0.1, -0.05) is 13.8 Å². The topological polar surface area (TPSA) is 44.5 Å². The standard InChI is InChI=1S/C14H21NO2/c1-9(2)6-10(3)17-11-4-5-12-13(15)8-16-14(12)7-11/h4-5,7,9-10,13H,6,8,15H2,1-3H3. The molecule has 0 amide bonds. The Morgan fingerprint density at radius 1 is 1.41 bits per heavy atom. The van der Waals surface area contributed by atoms with Crippen LogP contribution in [0, 0.1) is 5.92 Å². The maximum atomic E-state index is 5.90. The Labute approximate surface area is 103 Å². The van der Waals surface area contributed by atoms with Crippen LogP contribution in [0.3, 0.4) is 0 Å². The molecule has 3 heteroatoms. The lowest BCUT2D eigenvalue weighted by Crippen LogP contribution is -2.14. The van der Waals surface area contributed by atoms with Crippen molar-refractivity contribution in [3.8, 4) is 11.5 Å². The van der Waals surface area contributed by atoms with E-state index < -0.39 is 0 Å². The summed E-state index contributed by atoms with van der Waals surface area (Å²) in [7, 11) is 0. The molecule has 3 nitrogen and oxygen atoms in total. The lowest BCUT2D eigenvalue weighted by atomic mass is 10.1. The van der Waals surface area contributed by atoms with E-state index in [1.54, 1.807) is 0 Å². The van der Waals surface area contributed by atoms with Gasteiger partial charge in [-0.2, -0.15) is 0 Å². The van der Waals surface area contributed by atoms with Crippen LogP contribution in [0.1, 0.15) is 38.8 Å². The molecule has 2 atom stereocenters. The van der Waals surface area contributed by atoms with Gasteiger partial charge in [0, 0.05) is 11.6 Å². The van der Waals surface area contributed by atoms with E-state index in [0.717, 1.165) is 23.5 Å². The van der Waals surface area contributed by atoms with E-state index in [9.17, 15) is 0 Å². The summed E-state index contributed by atoms with van der Waals surface area (Å²) in [5.74, 6) is 2.38. The first kappa shape index (κ1) is 12.2. The van der Waals surface area contributed by atoms with Gasteiger partial charge in [0.25, 0.3) is 0 Å². The first-order valence-corrected chi connectivity index (χ1v) is 6.25. The molecule has 0 radical (unpaired) electrons. The van der Waals surface area contributed by atoms with Crippen molar-refractivity contribution in [1.29, 1.82) is 0 Å². The van der Waals surface area contributed by atoms with E-state index in [0.29, 0.717) is 12.5 Å². The van der Waals surface area contributed by atoms with Gasteiger partial charge in [0.05, 0.1) is 12.1 Å².